The van der Waals surface area contributed by atoms with Gasteiger partial charge in [0, 0.05) is 0 Å². The van der Waals surface area contributed by atoms with Crippen LogP contribution in [0.5, 0.6) is 0 Å². The topological polar surface area (TPSA) is 0 Å². The molecule has 0 N–H and O–H groups in total. The number of hydrogen-bond acceptors (Lipinski definition) is 0. The predicted octanol–water partition coefficient (Wildman–Crippen LogP) is 10.5. The zero-order chi connectivity index (χ0) is 20.4. The average Bonchev–Trinajstić information content (AvgIpc) is 2.22. The molecule has 0 bridgehead atoms. The van der Waals surface area contributed by atoms with Crippen molar-refractivity contribution < 1.29 is 0 Å². The van der Waals surface area contributed by atoms with Crippen molar-refractivity contribution in [2.75, 3.05) is 0 Å². The highest BCUT2D eigenvalue weighted by molar-refractivity contribution is 4.64. The van der Waals surface area contributed by atoms with E-state index >= 15 is 0 Å². The van der Waals surface area contributed by atoms with Crippen LogP contribution in [0.1, 0.15) is 138 Å². The first-order valence-corrected chi connectivity index (χ1v) is 10.3. The summed E-state index contributed by atoms with van der Waals surface area (Å²) in [6.45, 7) is 34.1. The van der Waals surface area contributed by atoms with Gasteiger partial charge in [0.05, 0.1) is 0 Å². The van der Waals surface area contributed by atoms with Crippen LogP contribution in [-0.2, 0) is 0 Å². The van der Waals surface area contributed by atoms with Crippen LogP contribution in [-0.4, -0.2) is 0 Å². The molecule has 0 unspecified atom stereocenters. The third-order valence-corrected chi connectivity index (χ3v) is 4.22. The molecule has 0 fully saturated rings. The van der Waals surface area contributed by atoms with Gasteiger partial charge in [-0.05, 0) is 46.8 Å². The normalized spacial score (nSPS) is 11.8. The van der Waals surface area contributed by atoms with E-state index in [1.165, 1.54) is 19.3 Å². The molecule has 0 aromatic carbocycles. The molecule has 0 atom stereocenters. The van der Waals surface area contributed by atoms with Crippen molar-refractivity contribution >= 4 is 0 Å². The Hall–Kier alpha value is 0. The molecule has 0 saturated heterocycles. The third-order valence-electron chi connectivity index (χ3n) is 4.22. The van der Waals surface area contributed by atoms with Gasteiger partial charge in [-0.2, -0.15) is 0 Å². The first kappa shape index (κ1) is 36.8. The first-order valence-electron chi connectivity index (χ1n) is 10.3. The predicted molar refractivity (Wildman–Crippen MR) is 130 cm³/mol. The van der Waals surface area contributed by atoms with Gasteiger partial charge in [0.25, 0.3) is 0 Å². The largest absolute Gasteiger partial charge is 0.0776 e. The fourth-order valence-corrected chi connectivity index (χ4v) is 1.95. The Kier molecular flexibility index (Phi) is 22.7. The second kappa shape index (κ2) is 16.0. The fourth-order valence-electron chi connectivity index (χ4n) is 1.95. The molecule has 0 saturated carbocycles. The molecule has 166 valence electrons. The Morgan fingerprint density at radius 3 is 0.885 bits per heavy atom. The average molecular weight is 375 g/mol. The summed E-state index contributed by atoms with van der Waals surface area (Å²) in [5, 5.41) is 0. The summed E-state index contributed by atoms with van der Waals surface area (Å²) in [6, 6.07) is 0. The van der Waals surface area contributed by atoms with Gasteiger partial charge in [-0.1, -0.05) is 125 Å². The first-order chi connectivity index (χ1) is 10.3. The molecule has 0 radical (unpaired) electrons. The maximum atomic E-state index is 2.30. The van der Waals surface area contributed by atoms with Crippen molar-refractivity contribution in [3.8, 4) is 0 Å². The second-order valence-electron chi connectivity index (χ2n) is 12.2. The molecule has 0 aliphatic carbocycles. The highest BCUT2D eigenvalue weighted by Gasteiger charge is 2.13. The molecule has 26 heavy (non-hydrogen) atoms. The highest BCUT2D eigenvalue weighted by atomic mass is 14.2. The lowest BCUT2D eigenvalue weighted by Crippen LogP contribution is -2.12. The Morgan fingerprint density at radius 2 is 0.846 bits per heavy atom. The van der Waals surface area contributed by atoms with Crippen molar-refractivity contribution in [1.82, 2.24) is 0 Å². The molecule has 0 aliphatic rings. The summed E-state index contributed by atoms with van der Waals surface area (Å²) < 4.78 is 0. The lowest BCUT2D eigenvalue weighted by Gasteiger charge is -2.22. The van der Waals surface area contributed by atoms with E-state index in [-0.39, 0.29) is 14.9 Å². The van der Waals surface area contributed by atoms with Crippen LogP contribution in [0.15, 0.2) is 0 Å². The lowest BCUT2D eigenvalue weighted by molar-refractivity contribution is 0.283. The van der Waals surface area contributed by atoms with Crippen molar-refractivity contribution in [3.05, 3.63) is 0 Å². The zero-order valence-electron chi connectivity index (χ0n) is 20.4. The van der Waals surface area contributed by atoms with Crippen LogP contribution in [0.2, 0.25) is 0 Å². The zero-order valence-corrected chi connectivity index (χ0v) is 20.4. The fraction of sp³-hybridized carbons (Fsp3) is 1.00. The summed E-state index contributed by atoms with van der Waals surface area (Å²) in [6.07, 6.45) is 4.04. The van der Waals surface area contributed by atoms with E-state index in [0.717, 1.165) is 17.8 Å². The summed E-state index contributed by atoms with van der Waals surface area (Å²) in [5.41, 5.74) is 1.55. The van der Waals surface area contributed by atoms with E-state index in [1.807, 2.05) is 0 Å². The monoisotopic (exact) mass is 374 g/mol. The molecule has 0 spiro atoms. The summed E-state index contributed by atoms with van der Waals surface area (Å²) >= 11 is 0. The third kappa shape index (κ3) is 43.9. The van der Waals surface area contributed by atoms with Gasteiger partial charge in [0.15, 0.2) is 0 Å². The molecule has 0 aromatic heterocycles. The van der Waals surface area contributed by atoms with Crippen molar-refractivity contribution in [3.63, 3.8) is 0 Å². The molecule has 0 aliphatic heterocycles. The van der Waals surface area contributed by atoms with Gasteiger partial charge in [0.2, 0.25) is 0 Å². The van der Waals surface area contributed by atoms with Crippen LogP contribution in [0.4, 0.5) is 0 Å². The van der Waals surface area contributed by atoms with E-state index in [1.54, 1.807) is 0 Å². The quantitative estimate of drug-likeness (QED) is 0.460. The molecule has 0 heteroatoms. The number of hydrogen-bond donors (Lipinski definition) is 0. The molecule has 0 rings (SSSR count). The standard InChI is InChI=1S/C9H20.C8H18.C7H16.2CH4/c1-8(2)6-7-9(3,4)5;1-7(2)6-8(3,4)5;1-6(2)7(3,4)5;;/h8H,6-7H2,1-5H3;7H,6H2,1-5H3;6H,1-5H3;2*1H4. The molecular formula is C26H62. The minimum atomic E-state index is 0. The van der Waals surface area contributed by atoms with E-state index in [2.05, 4.69) is 104 Å². The summed E-state index contributed by atoms with van der Waals surface area (Å²) in [4.78, 5) is 0. The van der Waals surface area contributed by atoms with E-state index in [9.17, 15) is 0 Å². The van der Waals surface area contributed by atoms with E-state index < -0.39 is 0 Å². The van der Waals surface area contributed by atoms with Crippen LogP contribution in [0, 0.1) is 34.0 Å². The van der Waals surface area contributed by atoms with Gasteiger partial charge in [-0.15, -0.1) is 0 Å². The lowest BCUT2D eigenvalue weighted by atomic mass is 9.84. The Balaban J connectivity index is -0.0000000823. The Morgan fingerprint density at radius 1 is 0.538 bits per heavy atom. The maximum absolute atomic E-state index is 2.30. The SMILES string of the molecule is C.C.CC(C)C(C)(C)C.CC(C)CC(C)(C)C.CC(C)CCC(C)(C)C. The van der Waals surface area contributed by atoms with Crippen molar-refractivity contribution in [2.45, 2.75) is 138 Å². The van der Waals surface area contributed by atoms with Gasteiger partial charge in [-0.25, -0.2) is 0 Å². The Labute approximate surface area is 172 Å². The van der Waals surface area contributed by atoms with Crippen molar-refractivity contribution in [1.29, 1.82) is 0 Å². The molecule has 0 nitrogen and oxygen atoms in total. The maximum Gasteiger partial charge on any atom is -0.0360 e. The van der Waals surface area contributed by atoms with Gasteiger partial charge in [0.1, 0.15) is 0 Å². The van der Waals surface area contributed by atoms with Crippen LogP contribution in [0.3, 0.4) is 0 Å². The van der Waals surface area contributed by atoms with Crippen LogP contribution in [0.25, 0.3) is 0 Å². The molecule has 0 amide bonds. The van der Waals surface area contributed by atoms with Gasteiger partial charge in [-0.3, -0.25) is 0 Å². The highest BCUT2D eigenvalue weighted by Crippen LogP contribution is 2.24. The summed E-state index contributed by atoms with van der Waals surface area (Å²) in [5.74, 6) is 2.51. The smallest absolute Gasteiger partial charge is 0.0360 e. The molecule has 0 heterocycles. The molecular weight excluding hydrogens is 312 g/mol. The van der Waals surface area contributed by atoms with E-state index in [4.69, 9.17) is 0 Å². The van der Waals surface area contributed by atoms with Gasteiger partial charge >= 0.3 is 0 Å². The minimum Gasteiger partial charge on any atom is -0.0776 e. The van der Waals surface area contributed by atoms with E-state index in [0.29, 0.717) is 16.2 Å². The second-order valence-corrected chi connectivity index (χ2v) is 12.2. The van der Waals surface area contributed by atoms with Crippen molar-refractivity contribution in [2.24, 2.45) is 34.0 Å². The van der Waals surface area contributed by atoms with Gasteiger partial charge < -0.3 is 0 Å². The minimum absolute atomic E-state index is 0. The summed E-state index contributed by atoms with van der Waals surface area (Å²) in [7, 11) is 0. The number of rotatable bonds is 3. The molecule has 0 aromatic rings. The Bertz CT molecular complexity index is 260. The van der Waals surface area contributed by atoms with Crippen LogP contribution < -0.4 is 0 Å². The van der Waals surface area contributed by atoms with Crippen LogP contribution >= 0.6 is 0 Å².